The summed E-state index contributed by atoms with van der Waals surface area (Å²) in [5.74, 6) is 1.13. The van der Waals surface area contributed by atoms with Crippen molar-refractivity contribution in [3.05, 3.63) is 28.2 Å². The number of anilines is 1. The largest absolute Gasteiger partial charge is 0.371 e. The third-order valence-electron chi connectivity index (χ3n) is 2.90. The van der Waals surface area contributed by atoms with Crippen LogP contribution < -0.4 is 4.90 Å². The molecule has 1 aromatic rings. The molecule has 0 fully saturated rings. The zero-order chi connectivity index (χ0) is 12.8. The lowest BCUT2D eigenvalue weighted by molar-refractivity contribution is 0.112. The van der Waals surface area contributed by atoms with Crippen LogP contribution >= 0.6 is 27.7 Å². The Labute approximate surface area is 116 Å². The number of halogens is 1. The lowest BCUT2D eigenvalue weighted by Crippen LogP contribution is -2.30. The van der Waals surface area contributed by atoms with Crippen LogP contribution in [0.3, 0.4) is 0 Å². The van der Waals surface area contributed by atoms with Crippen molar-refractivity contribution >= 4 is 39.7 Å². The molecule has 0 N–H and O–H groups in total. The minimum atomic E-state index is 0.426. The van der Waals surface area contributed by atoms with Gasteiger partial charge in [0.2, 0.25) is 0 Å². The molecule has 0 amide bonds. The first-order valence-corrected chi connectivity index (χ1v) is 7.75. The van der Waals surface area contributed by atoms with E-state index in [4.69, 9.17) is 0 Å². The molecule has 1 unspecified atom stereocenters. The van der Waals surface area contributed by atoms with Gasteiger partial charge >= 0.3 is 0 Å². The minimum Gasteiger partial charge on any atom is -0.371 e. The summed E-state index contributed by atoms with van der Waals surface area (Å²) in [6.45, 7) is 2.19. The van der Waals surface area contributed by atoms with Gasteiger partial charge in [0.15, 0.2) is 6.29 Å². The summed E-state index contributed by atoms with van der Waals surface area (Å²) in [7, 11) is 2.04. The van der Waals surface area contributed by atoms with Gasteiger partial charge in [-0.3, -0.25) is 4.79 Å². The maximum atomic E-state index is 11.0. The van der Waals surface area contributed by atoms with Gasteiger partial charge < -0.3 is 4.90 Å². The van der Waals surface area contributed by atoms with E-state index in [1.165, 1.54) is 0 Å². The molecule has 0 aliphatic carbocycles. The van der Waals surface area contributed by atoms with E-state index in [-0.39, 0.29) is 0 Å². The first kappa shape index (κ1) is 14.6. The summed E-state index contributed by atoms with van der Waals surface area (Å²) in [5, 5.41) is 0. The molecule has 0 aliphatic rings. The molecule has 1 rings (SSSR count). The van der Waals surface area contributed by atoms with Crippen LogP contribution in [-0.4, -0.2) is 31.4 Å². The van der Waals surface area contributed by atoms with Gasteiger partial charge in [0, 0.05) is 28.8 Å². The molecular formula is C13H18BrNOS. The van der Waals surface area contributed by atoms with Crippen LogP contribution in [0.4, 0.5) is 5.69 Å². The molecule has 2 nitrogen and oxygen atoms in total. The number of hydrogen-bond donors (Lipinski definition) is 0. The zero-order valence-electron chi connectivity index (χ0n) is 10.4. The van der Waals surface area contributed by atoms with Crippen molar-refractivity contribution in [2.24, 2.45) is 0 Å². The van der Waals surface area contributed by atoms with Gasteiger partial charge in [-0.05, 0) is 43.6 Å². The summed E-state index contributed by atoms with van der Waals surface area (Å²) in [6, 6.07) is 6.17. The number of carbonyl (C=O) groups excluding carboxylic acids is 1. The Kier molecular flexibility index (Phi) is 6.06. The smallest absolute Gasteiger partial charge is 0.152 e. The van der Waals surface area contributed by atoms with E-state index in [2.05, 4.69) is 34.0 Å². The van der Waals surface area contributed by atoms with Crippen LogP contribution in [0.15, 0.2) is 22.7 Å². The fourth-order valence-electron chi connectivity index (χ4n) is 1.64. The number of carbonyl (C=O) groups is 1. The molecule has 1 atom stereocenters. The van der Waals surface area contributed by atoms with Crippen LogP contribution in [-0.2, 0) is 0 Å². The Hall–Kier alpha value is -0.480. The zero-order valence-corrected chi connectivity index (χ0v) is 12.8. The molecule has 0 heterocycles. The molecule has 0 bridgehead atoms. The van der Waals surface area contributed by atoms with Crippen LogP contribution in [0.5, 0.6) is 0 Å². The van der Waals surface area contributed by atoms with Crippen molar-refractivity contribution in [1.82, 2.24) is 0 Å². The fraction of sp³-hybridized carbons (Fsp3) is 0.462. The van der Waals surface area contributed by atoms with E-state index in [1.54, 1.807) is 0 Å². The van der Waals surface area contributed by atoms with Gasteiger partial charge in [-0.25, -0.2) is 0 Å². The molecule has 0 spiro atoms. The van der Waals surface area contributed by atoms with E-state index in [0.29, 0.717) is 6.04 Å². The second-order valence-electron chi connectivity index (χ2n) is 4.06. The van der Waals surface area contributed by atoms with Crippen molar-refractivity contribution in [3.8, 4) is 0 Å². The standard InChI is InChI=1S/C13H18BrNOS/c1-10(6-7-17-3)15(2)13-8-12(14)5-4-11(13)9-16/h4-5,8-10H,6-7H2,1-3H3. The molecule has 0 aromatic heterocycles. The highest BCUT2D eigenvalue weighted by Gasteiger charge is 2.13. The van der Waals surface area contributed by atoms with E-state index in [0.717, 1.165) is 34.2 Å². The molecule has 94 valence electrons. The molecule has 0 saturated carbocycles. The molecule has 0 aliphatic heterocycles. The Morgan fingerprint density at radius 3 is 2.82 bits per heavy atom. The number of hydrogen-bond acceptors (Lipinski definition) is 3. The van der Waals surface area contributed by atoms with E-state index >= 15 is 0 Å². The van der Waals surface area contributed by atoms with Crippen molar-refractivity contribution in [1.29, 1.82) is 0 Å². The highest BCUT2D eigenvalue weighted by atomic mass is 79.9. The first-order chi connectivity index (χ1) is 8.10. The van der Waals surface area contributed by atoms with Gasteiger partial charge in [-0.15, -0.1) is 0 Å². The molecule has 0 saturated heterocycles. The van der Waals surface area contributed by atoms with E-state index in [9.17, 15) is 4.79 Å². The van der Waals surface area contributed by atoms with Crippen LogP contribution in [0, 0.1) is 0 Å². The Bertz CT molecular complexity index is 384. The molecule has 17 heavy (non-hydrogen) atoms. The van der Waals surface area contributed by atoms with Crippen molar-refractivity contribution in [2.75, 3.05) is 24.0 Å². The van der Waals surface area contributed by atoms with Crippen molar-refractivity contribution < 1.29 is 4.79 Å². The van der Waals surface area contributed by atoms with Gasteiger partial charge in [0.1, 0.15) is 0 Å². The van der Waals surface area contributed by atoms with E-state index < -0.39 is 0 Å². The summed E-state index contributed by atoms with van der Waals surface area (Å²) >= 11 is 5.30. The van der Waals surface area contributed by atoms with Gasteiger partial charge in [0.05, 0.1) is 0 Å². The van der Waals surface area contributed by atoms with E-state index in [1.807, 2.05) is 37.0 Å². The monoisotopic (exact) mass is 315 g/mol. The summed E-state index contributed by atoms with van der Waals surface area (Å²) in [5.41, 5.74) is 1.73. The Morgan fingerprint density at radius 1 is 1.53 bits per heavy atom. The highest BCUT2D eigenvalue weighted by molar-refractivity contribution is 9.10. The molecule has 4 heteroatoms. The third kappa shape index (κ3) is 4.03. The maximum absolute atomic E-state index is 11.0. The predicted octanol–water partition coefficient (Wildman–Crippen LogP) is 3.84. The number of thioether (sulfide) groups is 1. The predicted molar refractivity (Wildman–Crippen MR) is 80.4 cm³/mol. The lowest BCUT2D eigenvalue weighted by Gasteiger charge is -2.28. The average Bonchev–Trinajstić information content (AvgIpc) is 2.34. The number of rotatable bonds is 6. The average molecular weight is 316 g/mol. The maximum Gasteiger partial charge on any atom is 0.152 e. The van der Waals surface area contributed by atoms with Gasteiger partial charge in [0.25, 0.3) is 0 Å². The second-order valence-corrected chi connectivity index (χ2v) is 5.96. The third-order valence-corrected chi connectivity index (χ3v) is 4.04. The Balaban J connectivity index is 2.89. The molecule has 1 aromatic carbocycles. The van der Waals surface area contributed by atoms with Crippen molar-refractivity contribution in [3.63, 3.8) is 0 Å². The lowest BCUT2D eigenvalue weighted by atomic mass is 10.1. The van der Waals surface area contributed by atoms with Gasteiger partial charge in [-0.1, -0.05) is 15.9 Å². The van der Waals surface area contributed by atoms with Gasteiger partial charge in [-0.2, -0.15) is 11.8 Å². The van der Waals surface area contributed by atoms with Crippen LogP contribution in [0.2, 0.25) is 0 Å². The summed E-state index contributed by atoms with van der Waals surface area (Å²) in [6.07, 6.45) is 4.14. The normalized spacial score (nSPS) is 12.2. The number of benzene rings is 1. The van der Waals surface area contributed by atoms with Crippen LogP contribution in [0.1, 0.15) is 23.7 Å². The quantitative estimate of drug-likeness (QED) is 0.744. The summed E-state index contributed by atoms with van der Waals surface area (Å²) in [4.78, 5) is 13.2. The molecule has 0 radical (unpaired) electrons. The highest BCUT2D eigenvalue weighted by Crippen LogP contribution is 2.25. The number of nitrogens with zero attached hydrogens (tertiary/aromatic N) is 1. The summed E-state index contributed by atoms with van der Waals surface area (Å²) < 4.78 is 1.00. The number of aldehydes is 1. The van der Waals surface area contributed by atoms with Crippen molar-refractivity contribution in [2.45, 2.75) is 19.4 Å². The topological polar surface area (TPSA) is 20.3 Å². The second kappa shape index (κ2) is 7.07. The fourth-order valence-corrected chi connectivity index (χ4v) is 2.57. The SMILES string of the molecule is CSCCC(C)N(C)c1cc(Br)ccc1C=O. The van der Waals surface area contributed by atoms with Crippen LogP contribution in [0.25, 0.3) is 0 Å². The molecular weight excluding hydrogens is 298 g/mol. The minimum absolute atomic E-state index is 0.426. The first-order valence-electron chi connectivity index (χ1n) is 5.56. The Morgan fingerprint density at radius 2 is 2.24 bits per heavy atom.